The number of amides is 2. The van der Waals surface area contributed by atoms with Gasteiger partial charge in [0.25, 0.3) is 0 Å². The maximum Gasteiger partial charge on any atom is 0.237 e. The summed E-state index contributed by atoms with van der Waals surface area (Å²) >= 11 is 0. The molecule has 1 saturated carbocycles. The zero-order valence-electron chi connectivity index (χ0n) is 14.9. The standard InChI is InChI=1S/C19H28N4O2/c1-15(19(25)21-17-7-8-17)22-11-13-23(14-12-22)18(24)9-10-20-16-5-3-2-4-6-16/h2-6,15,17,20H,7-14H2,1H3,(H,21,25)/t15-/m1/s1. The van der Waals surface area contributed by atoms with Crippen LogP contribution in [0.2, 0.25) is 0 Å². The van der Waals surface area contributed by atoms with Gasteiger partial charge >= 0.3 is 0 Å². The zero-order chi connectivity index (χ0) is 17.6. The molecule has 136 valence electrons. The summed E-state index contributed by atoms with van der Waals surface area (Å²) in [5.74, 6) is 0.299. The molecule has 0 bridgehead atoms. The SMILES string of the molecule is C[C@H](C(=O)NC1CC1)N1CCN(C(=O)CCNc2ccccc2)CC1. The maximum absolute atomic E-state index is 12.3. The van der Waals surface area contributed by atoms with E-state index in [-0.39, 0.29) is 17.9 Å². The second kappa shape index (κ2) is 8.34. The van der Waals surface area contributed by atoms with Crippen LogP contribution < -0.4 is 10.6 Å². The largest absolute Gasteiger partial charge is 0.385 e. The molecule has 6 heteroatoms. The van der Waals surface area contributed by atoms with Crippen molar-refractivity contribution in [1.82, 2.24) is 15.1 Å². The Labute approximate surface area is 149 Å². The third-order valence-electron chi connectivity index (χ3n) is 4.96. The minimum Gasteiger partial charge on any atom is -0.385 e. The molecule has 2 amide bonds. The Hall–Kier alpha value is -2.08. The van der Waals surface area contributed by atoms with Crippen molar-refractivity contribution in [1.29, 1.82) is 0 Å². The Morgan fingerprint density at radius 2 is 1.80 bits per heavy atom. The van der Waals surface area contributed by atoms with Gasteiger partial charge in [-0.2, -0.15) is 0 Å². The monoisotopic (exact) mass is 344 g/mol. The number of carbonyl (C=O) groups excluding carboxylic acids is 2. The lowest BCUT2D eigenvalue weighted by Gasteiger charge is -2.37. The number of nitrogens with zero attached hydrogens (tertiary/aromatic N) is 2. The van der Waals surface area contributed by atoms with Gasteiger partial charge in [0.2, 0.25) is 11.8 Å². The summed E-state index contributed by atoms with van der Waals surface area (Å²) < 4.78 is 0. The quantitative estimate of drug-likeness (QED) is 0.783. The van der Waals surface area contributed by atoms with E-state index >= 15 is 0 Å². The lowest BCUT2D eigenvalue weighted by molar-refractivity contribution is -0.134. The first-order valence-corrected chi connectivity index (χ1v) is 9.24. The summed E-state index contributed by atoms with van der Waals surface area (Å²) in [7, 11) is 0. The fraction of sp³-hybridized carbons (Fsp3) is 0.579. The smallest absolute Gasteiger partial charge is 0.237 e. The molecule has 6 nitrogen and oxygen atoms in total. The molecule has 1 aromatic carbocycles. The predicted molar refractivity (Wildman–Crippen MR) is 98.3 cm³/mol. The topological polar surface area (TPSA) is 64.7 Å². The van der Waals surface area contributed by atoms with Crippen LogP contribution in [-0.4, -0.2) is 66.4 Å². The van der Waals surface area contributed by atoms with Gasteiger partial charge in [-0.05, 0) is 31.9 Å². The van der Waals surface area contributed by atoms with Crippen LogP contribution >= 0.6 is 0 Å². The Balaban J connectivity index is 1.36. The fourth-order valence-electron chi connectivity index (χ4n) is 3.10. The van der Waals surface area contributed by atoms with Gasteiger partial charge in [-0.15, -0.1) is 0 Å². The van der Waals surface area contributed by atoms with Gasteiger partial charge in [0.15, 0.2) is 0 Å². The Morgan fingerprint density at radius 1 is 1.12 bits per heavy atom. The first-order valence-electron chi connectivity index (χ1n) is 9.24. The Morgan fingerprint density at radius 3 is 2.44 bits per heavy atom. The number of carbonyl (C=O) groups is 2. The average Bonchev–Trinajstić information content (AvgIpc) is 3.46. The normalized spacial score (nSPS) is 19.3. The summed E-state index contributed by atoms with van der Waals surface area (Å²) in [5.41, 5.74) is 1.04. The van der Waals surface area contributed by atoms with Gasteiger partial charge < -0.3 is 15.5 Å². The number of hydrogen-bond acceptors (Lipinski definition) is 4. The molecule has 0 spiro atoms. The van der Waals surface area contributed by atoms with Crippen LogP contribution in [0.4, 0.5) is 5.69 Å². The number of piperazine rings is 1. The second-order valence-corrected chi connectivity index (χ2v) is 6.92. The zero-order valence-corrected chi connectivity index (χ0v) is 14.9. The van der Waals surface area contributed by atoms with Crippen LogP contribution in [-0.2, 0) is 9.59 Å². The van der Waals surface area contributed by atoms with Crippen molar-refractivity contribution >= 4 is 17.5 Å². The van der Waals surface area contributed by atoms with Gasteiger partial charge in [-0.25, -0.2) is 0 Å². The van der Waals surface area contributed by atoms with Crippen molar-refractivity contribution in [2.24, 2.45) is 0 Å². The van der Waals surface area contributed by atoms with Gasteiger partial charge in [0.05, 0.1) is 6.04 Å². The van der Waals surface area contributed by atoms with Crippen LogP contribution in [0.15, 0.2) is 30.3 Å². The highest BCUT2D eigenvalue weighted by molar-refractivity contribution is 5.82. The third kappa shape index (κ3) is 5.19. The molecular formula is C19H28N4O2. The molecule has 3 rings (SSSR count). The molecule has 0 aromatic heterocycles. The first-order chi connectivity index (χ1) is 12.1. The number of para-hydroxylation sites is 1. The molecule has 1 aromatic rings. The minimum atomic E-state index is -0.113. The summed E-state index contributed by atoms with van der Waals surface area (Å²) in [5, 5.41) is 6.33. The van der Waals surface area contributed by atoms with Gasteiger partial charge in [0, 0.05) is 50.9 Å². The van der Waals surface area contributed by atoms with Crippen LogP contribution in [0.3, 0.4) is 0 Å². The molecule has 2 aliphatic rings. The number of hydrogen-bond donors (Lipinski definition) is 2. The maximum atomic E-state index is 12.3. The van der Waals surface area contributed by atoms with E-state index in [1.165, 1.54) is 0 Å². The van der Waals surface area contributed by atoms with Crippen molar-refractivity contribution < 1.29 is 9.59 Å². The number of benzene rings is 1. The summed E-state index contributed by atoms with van der Waals surface area (Å²) in [6, 6.07) is 10.2. The van der Waals surface area contributed by atoms with E-state index in [0.29, 0.717) is 32.1 Å². The lowest BCUT2D eigenvalue weighted by atomic mass is 10.2. The molecule has 0 radical (unpaired) electrons. The van der Waals surface area contributed by atoms with E-state index in [9.17, 15) is 9.59 Å². The fourth-order valence-corrected chi connectivity index (χ4v) is 3.10. The van der Waals surface area contributed by atoms with E-state index in [0.717, 1.165) is 31.6 Å². The van der Waals surface area contributed by atoms with Crippen molar-refractivity contribution in [2.75, 3.05) is 38.0 Å². The predicted octanol–water partition coefficient (Wildman–Crippen LogP) is 1.30. The highest BCUT2D eigenvalue weighted by atomic mass is 16.2. The molecule has 1 aliphatic heterocycles. The molecule has 1 atom stereocenters. The van der Waals surface area contributed by atoms with Gasteiger partial charge in [0.1, 0.15) is 0 Å². The first kappa shape index (κ1) is 17.7. The van der Waals surface area contributed by atoms with Crippen LogP contribution in [0, 0.1) is 0 Å². The third-order valence-corrected chi connectivity index (χ3v) is 4.96. The number of nitrogens with one attached hydrogen (secondary N) is 2. The highest BCUT2D eigenvalue weighted by Gasteiger charge is 2.30. The lowest BCUT2D eigenvalue weighted by Crippen LogP contribution is -2.55. The van der Waals surface area contributed by atoms with Crippen molar-refractivity contribution in [3.63, 3.8) is 0 Å². The van der Waals surface area contributed by atoms with E-state index in [2.05, 4.69) is 15.5 Å². The highest BCUT2D eigenvalue weighted by Crippen LogP contribution is 2.19. The van der Waals surface area contributed by atoms with E-state index in [1.807, 2.05) is 42.2 Å². The van der Waals surface area contributed by atoms with Crippen molar-refractivity contribution in [3.05, 3.63) is 30.3 Å². The molecule has 25 heavy (non-hydrogen) atoms. The van der Waals surface area contributed by atoms with Gasteiger partial charge in [-0.3, -0.25) is 14.5 Å². The number of anilines is 1. The minimum absolute atomic E-state index is 0.113. The molecule has 0 unspecified atom stereocenters. The molecule has 1 aliphatic carbocycles. The Kier molecular flexibility index (Phi) is 5.91. The Bertz CT molecular complexity index is 580. The average molecular weight is 344 g/mol. The molecule has 1 heterocycles. The van der Waals surface area contributed by atoms with Crippen LogP contribution in [0.25, 0.3) is 0 Å². The van der Waals surface area contributed by atoms with E-state index in [4.69, 9.17) is 0 Å². The van der Waals surface area contributed by atoms with Gasteiger partial charge in [-0.1, -0.05) is 18.2 Å². The summed E-state index contributed by atoms with van der Waals surface area (Å²) in [6.07, 6.45) is 2.71. The molecular weight excluding hydrogens is 316 g/mol. The van der Waals surface area contributed by atoms with E-state index < -0.39 is 0 Å². The summed E-state index contributed by atoms with van der Waals surface area (Å²) in [4.78, 5) is 28.6. The van der Waals surface area contributed by atoms with Crippen molar-refractivity contribution in [3.8, 4) is 0 Å². The van der Waals surface area contributed by atoms with Crippen LogP contribution in [0.1, 0.15) is 26.2 Å². The molecule has 2 fully saturated rings. The van der Waals surface area contributed by atoms with Crippen LogP contribution in [0.5, 0.6) is 0 Å². The summed E-state index contributed by atoms with van der Waals surface area (Å²) in [6.45, 7) is 5.52. The number of rotatable bonds is 7. The van der Waals surface area contributed by atoms with Crippen molar-refractivity contribution in [2.45, 2.75) is 38.3 Å². The molecule has 1 saturated heterocycles. The molecule has 2 N–H and O–H groups in total. The second-order valence-electron chi connectivity index (χ2n) is 6.92. The van der Waals surface area contributed by atoms with E-state index in [1.54, 1.807) is 0 Å².